The molecule has 5 nitrogen and oxygen atoms in total. The fraction of sp³-hybridized carbons (Fsp3) is 0.333. The van der Waals surface area contributed by atoms with E-state index in [-0.39, 0.29) is 13.2 Å². The molecule has 0 spiro atoms. The van der Waals surface area contributed by atoms with E-state index < -0.39 is 11.8 Å². The monoisotopic (exact) mass is 236 g/mol. The van der Waals surface area contributed by atoms with Gasteiger partial charge in [0.2, 0.25) is 0 Å². The fourth-order valence-corrected chi connectivity index (χ4v) is 1.43. The van der Waals surface area contributed by atoms with Crippen molar-refractivity contribution in [3.05, 3.63) is 29.3 Å². The molecule has 1 aromatic carbocycles. The highest BCUT2D eigenvalue weighted by Crippen LogP contribution is 2.18. The molecule has 5 heteroatoms. The quantitative estimate of drug-likeness (QED) is 0.663. The van der Waals surface area contributed by atoms with Gasteiger partial charge in [-0.2, -0.15) is 0 Å². The van der Waals surface area contributed by atoms with Crippen LogP contribution in [0.2, 0.25) is 0 Å². The maximum absolute atomic E-state index is 11.5. The number of carbonyl (C=O) groups excluding carboxylic acids is 2. The molecule has 0 aliphatic heterocycles. The minimum Gasteiger partial charge on any atom is -0.395 e. The molecule has 0 saturated carbocycles. The molecule has 17 heavy (non-hydrogen) atoms. The van der Waals surface area contributed by atoms with Gasteiger partial charge in [0, 0.05) is 12.2 Å². The predicted molar refractivity (Wildman–Crippen MR) is 64.6 cm³/mol. The first-order valence-corrected chi connectivity index (χ1v) is 5.32. The van der Waals surface area contributed by atoms with Gasteiger partial charge >= 0.3 is 11.8 Å². The van der Waals surface area contributed by atoms with E-state index >= 15 is 0 Å². The summed E-state index contributed by atoms with van der Waals surface area (Å²) in [5.41, 5.74) is 2.44. The Morgan fingerprint density at radius 1 is 1.18 bits per heavy atom. The zero-order chi connectivity index (χ0) is 12.8. The van der Waals surface area contributed by atoms with Crippen molar-refractivity contribution in [2.45, 2.75) is 13.8 Å². The van der Waals surface area contributed by atoms with Crippen molar-refractivity contribution in [3.8, 4) is 0 Å². The summed E-state index contributed by atoms with van der Waals surface area (Å²) in [6.07, 6.45) is 0. The largest absolute Gasteiger partial charge is 0.395 e. The van der Waals surface area contributed by atoms with Gasteiger partial charge in [0.25, 0.3) is 0 Å². The summed E-state index contributed by atoms with van der Waals surface area (Å²) < 4.78 is 0. The zero-order valence-corrected chi connectivity index (χ0v) is 9.91. The van der Waals surface area contributed by atoms with Crippen LogP contribution >= 0.6 is 0 Å². The Bertz CT molecular complexity index is 410. The number of benzene rings is 1. The molecule has 0 bridgehead atoms. The third kappa shape index (κ3) is 3.57. The number of carbonyl (C=O) groups is 2. The van der Waals surface area contributed by atoms with Gasteiger partial charge in [0.05, 0.1) is 6.61 Å². The van der Waals surface area contributed by atoms with Gasteiger partial charge in [-0.3, -0.25) is 9.59 Å². The van der Waals surface area contributed by atoms with E-state index in [0.29, 0.717) is 5.69 Å². The van der Waals surface area contributed by atoms with Crippen LogP contribution in [0.15, 0.2) is 18.2 Å². The van der Waals surface area contributed by atoms with Crippen molar-refractivity contribution < 1.29 is 14.7 Å². The molecule has 3 N–H and O–H groups in total. The minimum absolute atomic E-state index is 0.0685. The molecule has 0 atom stereocenters. The lowest BCUT2D eigenvalue weighted by atomic mass is 10.1. The predicted octanol–water partition coefficient (Wildman–Crippen LogP) is 0.350. The zero-order valence-electron chi connectivity index (χ0n) is 9.91. The number of hydrogen-bond donors (Lipinski definition) is 3. The van der Waals surface area contributed by atoms with E-state index in [1.807, 2.05) is 32.0 Å². The third-order valence-electron chi connectivity index (χ3n) is 2.32. The number of amides is 2. The second-order valence-electron chi connectivity index (χ2n) is 3.70. The van der Waals surface area contributed by atoms with E-state index in [9.17, 15) is 9.59 Å². The Balaban J connectivity index is 2.71. The van der Waals surface area contributed by atoms with Crippen molar-refractivity contribution >= 4 is 17.5 Å². The number of aliphatic hydroxyl groups excluding tert-OH is 1. The summed E-state index contributed by atoms with van der Waals surface area (Å²) in [4.78, 5) is 22.8. The SMILES string of the molecule is Cc1cccc(C)c1NC(=O)C(=O)NCCO. The molecule has 0 radical (unpaired) electrons. The van der Waals surface area contributed by atoms with Gasteiger partial charge in [-0.15, -0.1) is 0 Å². The van der Waals surface area contributed by atoms with Gasteiger partial charge in [-0.25, -0.2) is 0 Å². The molecule has 0 fully saturated rings. The van der Waals surface area contributed by atoms with Crippen molar-refractivity contribution in [1.29, 1.82) is 0 Å². The van der Waals surface area contributed by atoms with E-state index in [0.717, 1.165) is 11.1 Å². The topological polar surface area (TPSA) is 78.4 Å². The smallest absolute Gasteiger partial charge is 0.313 e. The number of aryl methyl sites for hydroxylation is 2. The molecule has 92 valence electrons. The molecular formula is C12H16N2O3. The molecular weight excluding hydrogens is 220 g/mol. The van der Waals surface area contributed by atoms with Crippen molar-refractivity contribution in [1.82, 2.24) is 5.32 Å². The van der Waals surface area contributed by atoms with Gasteiger partial charge < -0.3 is 15.7 Å². The lowest BCUT2D eigenvalue weighted by Crippen LogP contribution is -2.37. The average molecular weight is 236 g/mol. The Morgan fingerprint density at radius 2 is 1.76 bits per heavy atom. The Kier molecular flexibility index (Phi) is 4.66. The summed E-state index contributed by atoms with van der Waals surface area (Å²) in [6.45, 7) is 3.59. The fourth-order valence-electron chi connectivity index (χ4n) is 1.43. The second kappa shape index (κ2) is 6.00. The maximum Gasteiger partial charge on any atom is 0.313 e. The van der Waals surface area contributed by atoms with Crippen molar-refractivity contribution in [2.24, 2.45) is 0 Å². The van der Waals surface area contributed by atoms with Gasteiger partial charge in [0.15, 0.2) is 0 Å². The van der Waals surface area contributed by atoms with Crippen LogP contribution in [0.3, 0.4) is 0 Å². The molecule has 0 heterocycles. The number of aliphatic hydroxyl groups is 1. The van der Waals surface area contributed by atoms with E-state index in [1.54, 1.807) is 0 Å². The number of anilines is 1. The first-order valence-electron chi connectivity index (χ1n) is 5.32. The Hall–Kier alpha value is -1.88. The second-order valence-corrected chi connectivity index (χ2v) is 3.70. The van der Waals surface area contributed by atoms with Gasteiger partial charge in [-0.05, 0) is 25.0 Å². The summed E-state index contributed by atoms with van der Waals surface area (Å²) >= 11 is 0. The van der Waals surface area contributed by atoms with Crippen LogP contribution in [0.25, 0.3) is 0 Å². The minimum atomic E-state index is -0.748. The summed E-state index contributed by atoms with van der Waals surface area (Å²) in [5.74, 6) is -1.47. The average Bonchev–Trinajstić information content (AvgIpc) is 2.30. The van der Waals surface area contributed by atoms with E-state index in [2.05, 4.69) is 10.6 Å². The number of para-hydroxylation sites is 1. The molecule has 0 aliphatic carbocycles. The molecule has 0 aliphatic rings. The molecule has 0 unspecified atom stereocenters. The first-order chi connectivity index (χ1) is 8.06. The van der Waals surface area contributed by atoms with Crippen LogP contribution in [-0.2, 0) is 9.59 Å². The van der Waals surface area contributed by atoms with Crippen LogP contribution in [0.5, 0.6) is 0 Å². The van der Waals surface area contributed by atoms with Crippen molar-refractivity contribution in [3.63, 3.8) is 0 Å². The Labute approximate surface area is 99.8 Å². The lowest BCUT2D eigenvalue weighted by molar-refractivity contribution is -0.136. The van der Waals surface area contributed by atoms with Gasteiger partial charge in [-0.1, -0.05) is 18.2 Å². The molecule has 0 aromatic heterocycles. The van der Waals surface area contributed by atoms with Crippen molar-refractivity contribution in [2.75, 3.05) is 18.5 Å². The number of hydrogen-bond acceptors (Lipinski definition) is 3. The summed E-state index contributed by atoms with van der Waals surface area (Å²) in [7, 11) is 0. The lowest BCUT2D eigenvalue weighted by Gasteiger charge is -2.10. The molecule has 0 saturated heterocycles. The van der Waals surface area contributed by atoms with Crippen LogP contribution in [0, 0.1) is 13.8 Å². The maximum atomic E-state index is 11.5. The third-order valence-corrected chi connectivity index (χ3v) is 2.32. The van der Waals surface area contributed by atoms with Crippen LogP contribution in [0.4, 0.5) is 5.69 Å². The summed E-state index contributed by atoms with van der Waals surface area (Å²) in [6, 6.07) is 5.59. The van der Waals surface area contributed by atoms with Crippen LogP contribution in [-0.4, -0.2) is 30.1 Å². The number of nitrogens with one attached hydrogen (secondary N) is 2. The molecule has 2 amide bonds. The highest BCUT2D eigenvalue weighted by molar-refractivity contribution is 6.39. The van der Waals surface area contributed by atoms with Crippen LogP contribution < -0.4 is 10.6 Å². The number of rotatable bonds is 3. The van der Waals surface area contributed by atoms with E-state index in [4.69, 9.17) is 5.11 Å². The normalized spacial score (nSPS) is 9.82. The molecule has 1 aromatic rings. The summed E-state index contributed by atoms with van der Waals surface area (Å²) in [5, 5.41) is 13.4. The first kappa shape index (κ1) is 13.2. The standard InChI is InChI=1S/C12H16N2O3/c1-8-4-3-5-9(2)10(8)14-12(17)11(16)13-6-7-15/h3-5,15H,6-7H2,1-2H3,(H,13,16)(H,14,17). The van der Waals surface area contributed by atoms with E-state index in [1.165, 1.54) is 0 Å². The van der Waals surface area contributed by atoms with Crippen LogP contribution in [0.1, 0.15) is 11.1 Å². The van der Waals surface area contributed by atoms with Gasteiger partial charge in [0.1, 0.15) is 0 Å². The Morgan fingerprint density at radius 3 is 2.29 bits per heavy atom. The highest BCUT2D eigenvalue weighted by atomic mass is 16.3. The highest BCUT2D eigenvalue weighted by Gasteiger charge is 2.14. The molecule has 1 rings (SSSR count).